The van der Waals surface area contributed by atoms with Gasteiger partial charge in [-0.1, -0.05) is 0 Å². The molecule has 0 aliphatic heterocycles. The molecule has 0 saturated heterocycles. The van der Waals surface area contributed by atoms with Gasteiger partial charge < -0.3 is 4.74 Å². The predicted octanol–water partition coefficient (Wildman–Crippen LogP) is 2.10. The van der Waals surface area contributed by atoms with E-state index in [0.717, 1.165) is 0 Å². The standard InChI is InChI=1S/C3H4BrClO2/c1-2(4)7-3(5)6/h2H,1H3. The zero-order valence-electron chi connectivity index (χ0n) is 3.65. The van der Waals surface area contributed by atoms with Crippen LogP contribution in [-0.2, 0) is 4.74 Å². The summed E-state index contributed by atoms with van der Waals surface area (Å²) in [7, 11) is 0. The lowest BCUT2D eigenvalue weighted by Crippen LogP contribution is -1.99. The fourth-order valence-electron chi connectivity index (χ4n) is 0.128. The molecule has 0 rings (SSSR count). The monoisotopic (exact) mass is 186 g/mol. The van der Waals surface area contributed by atoms with Crippen LogP contribution in [0.15, 0.2) is 0 Å². The van der Waals surface area contributed by atoms with E-state index in [1.165, 1.54) is 0 Å². The summed E-state index contributed by atoms with van der Waals surface area (Å²) in [6.45, 7) is 1.65. The van der Waals surface area contributed by atoms with Gasteiger partial charge in [-0.2, -0.15) is 0 Å². The maximum atomic E-state index is 9.77. The number of carbonyl (C=O) groups is 1. The zero-order chi connectivity index (χ0) is 5.86. The minimum Gasteiger partial charge on any atom is -0.439 e. The van der Waals surface area contributed by atoms with E-state index in [-0.39, 0.29) is 5.01 Å². The predicted molar refractivity (Wildman–Crippen MR) is 30.7 cm³/mol. The fourth-order valence-corrected chi connectivity index (χ4v) is 0.539. The van der Waals surface area contributed by atoms with Crippen LogP contribution < -0.4 is 0 Å². The topological polar surface area (TPSA) is 26.3 Å². The van der Waals surface area contributed by atoms with E-state index < -0.39 is 5.43 Å². The first kappa shape index (κ1) is 7.24. The van der Waals surface area contributed by atoms with Crippen molar-refractivity contribution in [3.05, 3.63) is 0 Å². The summed E-state index contributed by atoms with van der Waals surface area (Å²) in [6, 6.07) is 0. The molecule has 2 nitrogen and oxygen atoms in total. The summed E-state index contributed by atoms with van der Waals surface area (Å²) in [4.78, 5) is 9.77. The van der Waals surface area contributed by atoms with Crippen molar-refractivity contribution in [1.29, 1.82) is 0 Å². The van der Waals surface area contributed by atoms with Crippen molar-refractivity contribution in [3.8, 4) is 0 Å². The van der Waals surface area contributed by atoms with Crippen molar-refractivity contribution in [1.82, 2.24) is 0 Å². The molecule has 0 saturated carbocycles. The highest BCUT2D eigenvalue weighted by molar-refractivity contribution is 9.09. The molecule has 1 atom stereocenters. The van der Waals surface area contributed by atoms with Crippen molar-refractivity contribution < 1.29 is 9.53 Å². The summed E-state index contributed by atoms with van der Waals surface area (Å²) in [5, 5.41) is -0.294. The number of carbonyl (C=O) groups excluding carboxylic acids is 1. The van der Waals surface area contributed by atoms with Gasteiger partial charge in [0.05, 0.1) is 0 Å². The Morgan fingerprint density at radius 2 is 2.43 bits per heavy atom. The van der Waals surface area contributed by atoms with Gasteiger partial charge >= 0.3 is 5.43 Å². The van der Waals surface area contributed by atoms with Crippen LogP contribution in [0.4, 0.5) is 4.79 Å². The molecule has 0 spiro atoms. The van der Waals surface area contributed by atoms with Crippen molar-refractivity contribution in [2.45, 2.75) is 11.9 Å². The number of ether oxygens (including phenoxy) is 1. The van der Waals surface area contributed by atoms with Gasteiger partial charge in [0.1, 0.15) is 0 Å². The van der Waals surface area contributed by atoms with Gasteiger partial charge in [-0.3, -0.25) is 0 Å². The molecule has 0 bridgehead atoms. The third kappa shape index (κ3) is 6.24. The highest BCUT2D eigenvalue weighted by atomic mass is 79.9. The van der Waals surface area contributed by atoms with E-state index >= 15 is 0 Å². The Labute approximate surface area is 54.9 Å². The number of halogens is 2. The van der Waals surface area contributed by atoms with E-state index in [1.807, 2.05) is 0 Å². The Kier molecular flexibility index (Phi) is 3.38. The molecule has 0 N–H and O–H groups in total. The summed E-state index contributed by atoms with van der Waals surface area (Å²) in [6.07, 6.45) is 0. The SMILES string of the molecule is CC(Br)OC(=O)Cl. The molecule has 0 aromatic rings. The molecule has 0 aromatic heterocycles. The normalized spacial score (nSPS) is 13.0. The van der Waals surface area contributed by atoms with Crippen molar-refractivity contribution in [2.75, 3.05) is 0 Å². The average molecular weight is 187 g/mol. The molecule has 0 aliphatic carbocycles. The first-order chi connectivity index (χ1) is 3.13. The third-order valence-electron chi connectivity index (χ3n) is 0.255. The molecule has 1 unspecified atom stereocenters. The van der Waals surface area contributed by atoms with Crippen molar-refractivity contribution in [2.24, 2.45) is 0 Å². The quantitative estimate of drug-likeness (QED) is 0.464. The van der Waals surface area contributed by atoms with Crippen LogP contribution in [0.25, 0.3) is 0 Å². The first-order valence-corrected chi connectivity index (χ1v) is 2.92. The summed E-state index contributed by atoms with van der Waals surface area (Å²) < 4.78 is 4.29. The van der Waals surface area contributed by atoms with E-state index in [4.69, 9.17) is 11.6 Å². The van der Waals surface area contributed by atoms with Crippen LogP contribution >= 0.6 is 27.5 Å². The van der Waals surface area contributed by atoms with Gasteiger partial charge in [0.25, 0.3) is 0 Å². The molecule has 0 amide bonds. The largest absolute Gasteiger partial charge is 0.439 e. The Morgan fingerprint density at radius 3 is 2.43 bits per heavy atom. The van der Waals surface area contributed by atoms with E-state index in [9.17, 15) is 4.79 Å². The number of alkyl halides is 1. The maximum absolute atomic E-state index is 9.77. The molecule has 0 heterocycles. The second kappa shape index (κ2) is 3.27. The van der Waals surface area contributed by atoms with Crippen molar-refractivity contribution >= 4 is 33.0 Å². The average Bonchev–Trinajstić information content (AvgIpc) is 1.27. The van der Waals surface area contributed by atoms with E-state index in [0.29, 0.717) is 0 Å². The molecule has 0 aliphatic rings. The van der Waals surface area contributed by atoms with Gasteiger partial charge in [-0.15, -0.1) is 0 Å². The van der Waals surface area contributed by atoms with Crippen molar-refractivity contribution in [3.63, 3.8) is 0 Å². The van der Waals surface area contributed by atoms with Gasteiger partial charge in [-0.05, 0) is 22.9 Å². The summed E-state index contributed by atoms with van der Waals surface area (Å²) in [5.74, 6) is 0. The maximum Gasteiger partial charge on any atom is 0.404 e. The highest BCUT2D eigenvalue weighted by Gasteiger charge is 1.98. The van der Waals surface area contributed by atoms with Crippen LogP contribution in [-0.4, -0.2) is 10.4 Å². The van der Waals surface area contributed by atoms with Gasteiger partial charge in [-0.25, -0.2) is 4.79 Å². The minimum atomic E-state index is -0.788. The Morgan fingerprint density at radius 1 is 2.00 bits per heavy atom. The third-order valence-corrected chi connectivity index (χ3v) is 0.531. The highest BCUT2D eigenvalue weighted by Crippen LogP contribution is 2.01. The molecule has 7 heavy (non-hydrogen) atoms. The summed E-state index contributed by atoms with van der Waals surface area (Å²) >= 11 is 7.73. The zero-order valence-corrected chi connectivity index (χ0v) is 5.99. The number of hydrogen-bond acceptors (Lipinski definition) is 2. The van der Waals surface area contributed by atoms with Gasteiger partial charge in [0.2, 0.25) is 0 Å². The smallest absolute Gasteiger partial charge is 0.404 e. The van der Waals surface area contributed by atoms with E-state index in [1.54, 1.807) is 6.92 Å². The molecule has 4 heteroatoms. The Hall–Kier alpha value is 0.240. The number of hydrogen-bond donors (Lipinski definition) is 0. The molecule has 42 valence electrons. The molecular weight excluding hydrogens is 183 g/mol. The Bertz CT molecular complexity index is 73.3. The molecule has 0 fully saturated rings. The molecule has 0 radical (unpaired) electrons. The second-order valence-electron chi connectivity index (χ2n) is 0.898. The lowest BCUT2D eigenvalue weighted by atomic mass is 10.9. The Balaban J connectivity index is 3.13. The minimum absolute atomic E-state index is 0.294. The van der Waals surface area contributed by atoms with Crippen LogP contribution in [0, 0.1) is 0 Å². The molecular formula is C3H4BrClO2. The van der Waals surface area contributed by atoms with Crippen LogP contribution in [0.2, 0.25) is 0 Å². The van der Waals surface area contributed by atoms with Gasteiger partial charge in [0.15, 0.2) is 5.01 Å². The van der Waals surface area contributed by atoms with Gasteiger partial charge in [0, 0.05) is 11.6 Å². The van der Waals surface area contributed by atoms with E-state index in [2.05, 4.69) is 20.7 Å². The van der Waals surface area contributed by atoms with Crippen LogP contribution in [0.3, 0.4) is 0 Å². The summed E-state index contributed by atoms with van der Waals surface area (Å²) in [5.41, 5.74) is -0.788. The number of rotatable bonds is 1. The fraction of sp³-hybridized carbons (Fsp3) is 0.667. The second-order valence-corrected chi connectivity index (χ2v) is 2.50. The lowest BCUT2D eigenvalue weighted by Gasteiger charge is -1.97. The van der Waals surface area contributed by atoms with Crippen LogP contribution in [0.5, 0.6) is 0 Å². The van der Waals surface area contributed by atoms with Crippen LogP contribution in [0.1, 0.15) is 6.92 Å². The molecule has 0 aromatic carbocycles. The lowest BCUT2D eigenvalue weighted by molar-refractivity contribution is 0.171. The first-order valence-electron chi connectivity index (χ1n) is 1.63.